The van der Waals surface area contributed by atoms with Crippen molar-refractivity contribution < 1.29 is 9.53 Å². The van der Waals surface area contributed by atoms with E-state index in [0.29, 0.717) is 26.0 Å². The normalized spacial score (nSPS) is 11.5. The molecule has 0 aromatic rings. The predicted molar refractivity (Wildman–Crippen MR) is 61.6 cm³/mol. The molecule has 0 bridgehead atoms. The van der Waals surface area contributed by atoms with Crippen molar-refractivity contribution in [3.63, 3.8) is 0 Å². The topological polar surface area (TPSA) is 55.6 Å². The minimum absolute atomic E-state index is 0.0311. The Morgan fingerprint density at radius 1 is 1.40 bits per heavy atom. The molecular weight excluding hydrogens is 192 g/mol. The second kappa shape index (κ2) is 6.80. The number of carbonyl (C=O) groups is 1. The lowest BCUT2D eigenvalue weighted by Gasteiger charge is -2.30. The monoisotopic (exact) mass is 216 g/mol. The number of nitrogens with two attached hydrogens (primary N) is 1. The Hall–Kier alpha value is -0.610. The van der Waals surface area contributed by atoms with Crippen LogP contribution in [0.4, 0.5) is 0 Å². The summed E-state index contributed by atoms with van der Waals surface area (Å²) in [6.45, 7) is 5.27. The minimum atomic E-state index is -0.693. The van der Waals surface area contributed by atoms with Gasteiger partial charge in [0.15, 0.2) is 0 Å². The van der Waals surface area contributed by atoms with E-state index in [1.165, 1.54) is 0 Å². The minimum Gasteiger partial charge on any atom is -0.385 e. The SMILES string of the molecule is CCC(N)(CC)C(=O)N(C)CCCOC. The molecule has 0 rings (SSSR count). The Morgan fingerprint density at radius 3 is 2.33 bits per heavy atom. The molecule has 0 saturated carbocycles. The molecular formula is C11H24N2O2. The van der Waals surface area contributed by atoms with Crippen LogP contribution in [0.3, 0.4) is 0 Å². The molecule has 0 saturated heterocycles. The summed E-state index contributed by atoms with van der Waals surface area (Å²) in [5, 5.41) is 0. The predicted octanol–water partition coefficient (Wildman–Crippen LogP) is 0.999. The lowest BCUT2D eigenvalue weighted by molar-refractivity contribution is -0.136. The first-order valence-electron chi connectivity index (χ1n) is 5.55. The molecule has 1 amide bonds. The first-order valence-corrected chi connectivity index (χ1v) is 5.55. The van der Waals surface area contributed by atoms with Crippen molar-refractivity contribution in [2.75, 3.05) is 27.3 Å². The van der Waals surface area contributed by atoms with Crippen LogP contribution in [-0.2, 0) is 9.53 Å². The highest BCUT2D eigenvalue weighted by atomic mass is 16.5. The van der Waals surface area contributed by atoms with Crippen molar-refractivity contribution in [1.29, 1.82) is 0 Å². The van der Waals surface area contributed by atoms with Crippen LogP contribution in [0, 0.1) is 0 Å². The van der Waals surface area contributed by atoms with E-state index in [4.69, 9.17) is 10.5 Å². The highest BCUT2D eigenvalue weighted by Gasteiger charge is 2.32. The van der Waals surface area contributed by atoms with E-state index in [-0.39, 0.29) is 5.91 Å². The molecule has 0 spiro atoms. The number of hydrogen-bond donors (Lipinski definition) is 1. The van der Waals surface area contributed by atoms with Gasteiger partial charge >= 0.3 is 0 Å². The third-order valence-electron chi connectivity index (χ3n) is 2.88. The maximum atomic E-state index is 12.0. The molecule has 0 heterocycles. The fraction of sp³-hybridized carbons (Fsp3) is 0.909. The lowest BCUT2D eigenvalue weighted by Crippen LogP contribution is -2.53. The Labute approximate surface area is 92.8 Å². The van der Waals surface area contributed by atoms with Gasteiger partial charge < -0.3 is 15.4 Å². The summed E-state index contributed by atoms with van der Waals surface area (Å²) in [6.07, 6.45) is 2.20. The molecule has 4 heteroatoms. The number of nitrogens with zero attached hydrogens (tertiary/aromatic N) is 1. The summed E-state index contributed by atoms with van der Waals surface area (Å²) >= 11 is 0. The summed E-state index contributed by atoms with van der Waals surface area (Å²) in [4.78, 5) is 13.7. The van der Waals surface area contributed by atoms with Crippen molar-refractivity contribution >= 4 is 5.91 Å². The zero-order chi connectivity index (χ0) is 11.9. The van der Waals surface area contributed by atoms with Gasteiger partial charge in [0.2, 0.25) is 5.91 Å². The third-order valence-corrected chi connectivity index (χ3v) is 2.88. The molecule has 0 unspecified atom stereocenters. The summed E-state index contributed by atoms with van der Waals surface area (Å²) in [5.74, 6) is 0.0311. The highest BCUT2D eigenvalue weighted by Crippen LogP contribution is 2.14. The quantitative estimate of drug-likeness (QED) is 0.646. The molecule has 0 fully saturated rings. The number of rotatable bonds is 7. The van der Waals surface area contributed by atoms with Crippen LogP contribution in [0.15, 0.2) is 0 Å². The van der Waals surface area contributed by atoms with Gasteiger partial charge in [0, 0.05) is 27.3 Å². The van der Waals surface area contributed by atoms with E-state index in [9.17, 15) is 4.79 Å². The van der Waals surface area contributed by atoms with Crippen LogP contribution in [0.5, 0.6) is 0 Å². The van der Waals surface area contributed by atoms with Gasteiger partial charge in [0.1, 0.15) is 0 Å². The van der Waals surface area contributed by atoms with Gasteiger partial charge in [0.25, 0.3) is 0 Å². The van der Waals surface area contributed by atoms with Gasteiger partial charge in [-0.3, -0.25) is 4.79 Å². The van der Waals surface area contributed by atoms with Gasteiger partial charge in [-0.15, -0.1) is 0 Å². The summed E-state index contributed by atoms with van der Waals surface area (Å²) in [7, 11) is 3.46. The Kier molecular flexibility index (Phi) is 6.52. The molecule has 0 aromatic carbocycles. The van der Waals surface area contributed by atoms with Crippen LogP contribution in [-0.4, -0.2) is 43.7 Å². The van der Waals surface area contributed by atoms with Gasteiger partial charge in [0.05, 0.1) is 5.54 Å². The third kappa shape index (κ3) is 4.18. The van der Waals surface area contributed by atoms with E-state index < -0.39 is 5.54 Å². The smallest absolute Gasteiger partial charge is 0.242 e. The standard InChI is InChI=1S/C11H24N2O2/c1-5-11(12,6-2)10(14)13(3)8-7-9-15-4/h5-9,12H2,1-4H3. The van der Waals surface area contributed by atoms with E-state index >= 15 is 0 Å². The zero-order valence-electron chi connectivity index (χ0n) is 10.4. The van der Waals surface area contributed by atoms with E-state index in [0.717, 1.165) is 6.42 Å². The van der Waals surface area contributed by atoms with Crippen LogP contribution in [0.2, 0.25) is 0 Å². The molecule has 90 valence electrons. The number of carbonyl (C=O) groups excluding carboxylic acids is 1. The van der Waals surface area contributed by atoms with Crippen LogP contribution in [0.1, 0.15) is 33.1 Å². The van der Waals surface area contributed by atoms with Gasteiger partial charge in [-0.25, -0.2) is 0 Å². The van der Waals surface area contributed by atoms with Crippen molar-refractivity contribution in [3.8, 4) is 0 Å². The second-order valence-electron chi connectivity index (χ2n) is 3.94. The Balaban J connectivity index is 4.17. The number of amides is 1. The molecule has 0 aliphatic carbocycles. The largest absolute Gasteiger partial charge is 0.385 e. The van der Waals surface area contributed by atoms with Gasteiger partial charge in [-0.1, -0.05) is 13.8 Å². The van der Waals surface area contributed by atoms with Crippen LogP contribution < -0.4 is 5.73 Å². The highest BCUT2D eigenvalue weighted by molar-refractivity contribution is 5.85. The van der Waals surface area contributed by atoms with Gasteiger partial charge in [-0.2, -0.15) is 0 Å². The van der Waals surface area contributed by atoms with E-state index in [1.807, 2.05) is 13.8 Å². The number of ether oxygens (including phenoxy) is 1. The molecule has 0 radical (unpaired) electrons. The van der Waals surface area contributed by atoms with Crippen molar-refractivity contribution in [3.05, 3.63) is 0 Å². The van der Waals surface area contributed by atoms with Crippen molar-refractivity contribution in [2.24, 2.45) is 5.73 Å². The molecule has 15 heavy (non-hydrogen) atoms. The van der Waals surface area contributed by atoms with Crippen molar-refractivity contribution in [1.82, 2.24) is 4.90 Å². The van der Waals surface area contributed by atoms with Crippen LogP contribution >= 0.6 is 0 Å². The zero-order valence-corrected chi connectivity index (χ0v) is 10.4. The number of methoxy groups -OCH3 is 1. The molecule has 0 atom stereocenters. The number of hydrogen-bond acceptors (Lipinski definition) is 3. The Bertz CT molecular complexity index is 191. The van der Waals surface area contributed by atoms with Gasteiger partial charge in [-0.05, 0) is 19.3 Å². The molecule has 4 nitrogen and oxygen atoms in total. The maximum absolute atomic E-state index is 12.0. The summed E-state index contributed by atoms with van der Waals surface area (Å²) in [6, 6.07) is 0. The molecule has 0 aliphatic rings. The van der Waals surface area contributed by atoms with E-state index in [2.05, 4.69) is 0 Å². The Morgan fingerprint density at radius 2 is 1.93 bits per heavy atom. The first-order chi connectivity index (χ1) is 7.01. The van der Waals surface area contributed by atoms with E-state index in [1.54, 1.807) is 19.1 Å². The fourth-order valence-corrected chi connectivity index (χ4v) is 1.48. The summed E-state index contributed by atoms with van der Waals surface area (Å²) in [5.41, 5.74) is 5.33. The maximum Gasteiger partial charge on any atom is 0.242 e. The summed E-state index contributed by atoms with van der Waals surface area (Å²) < 4.78 is 4.94. The molecule has 0 aliphatic heterocycles. The molecule has 0 aromatic heterocycles. The number of likely N-dealkylation sites (N-methyl/N-ethyl adjacent to an activating group) is 1. The fourth-order valence-electron chi connectivity index (χ4n) is 1.48. The molecule has 2 N–H and O–H groups in total. The first kappa shape index (κ1) is 14.4. The van der Waals surface area contributed by atoms with Crippen LogP contribution in [0.25, 0.3) is 0 Å². The van der Waals surface area contributed by atoms with Crippen molar-refractivity contribution in [2.45, 2.75) is 38.6 Å². The lowest BCUT2D eigenvalue weighted by atomic mass is 9.92. The second-order valence-corrected chi connectivity index (χ2v) is 3.94. The average Bonchev–Trinajstić information content (AvgIpc) is 2.27. The average molecular weight is 216 g/mol.